The first-order chi connectivity index (χ1) is 16.7. The van der Waals surface area contributed by atoms with E-state index in [1.165, 1.54) is 27.5 Å². The predicted octanol–water partition coefficient (Wildman–Crippen LogP) is 7.69. The molecule has 4 aromatic carbocycles. The fraction of sp³-hybridized carbons (Fsp3) is 0.0323. The Hall–Kier alpha value is -4.68. The van der Waals surface area contributed by atoms with Gasteiger partial charge in [-0.05, 0) is 77.7 Å². The molecular weight excluding hydrogens is 414 g/mol. The van der Waals surface area contributed by atoms with Crippen molar-refractivity contribution in [3.63, 3.8) is 0 Å². The number of benzene rings is 4. The summed E-state index contributed by atoms with van der Waals surface area (Å²) in [5.41, 5.74) is 9.54. The summed E-state index contributed by atoms with van der Waals surface area (Å²) in [4.78, 5) is 4.14. The van der Waals surface area contributed by atoms with Gasteiger partial charge in [0, 0.05) is 28.9 Å². The van der Waals surface area contributed by atoms with E-state index >= 15 is 0 Å². The molecule has 0 amide bonds. The van der Waals surface area contributed by atoms with Gasteiger partial charge in [-0.25, -0.2) is 0 Å². The van der Waals surface area contributed by atoms with Gasteiger partial charge in [-0.15, -0.1) is 0 Å². The maximum absolute atomic E-state index is 9.77. The third-order valence-corrected chi connectivity index (χ3v) is 6.34. The smallest absolute Gasteiger partial charge is 0.0992 e. The van der Waals surface area contributed by atoms with E-state index in [2.05, 4.69) is 95.3 Å². The molecule has 34 heavy (non-hydrogen) atoms. The summed E-state index contributed by atoms with van der Waals surface area (Å²) in [6, 6.07) is 36.1. The summed E-state index contributed by atoms with van der Waals surface area (Å²) < 4.78 is 2.26. The van der Waals surface area contributed by atoms with Crippen LogP contribution >= 0.6 is 0 Å². The van der Waals surface area contributed by atoms with E-state index < -0.39 is 0 Å². The molecule has 6 rings (SSSR count). The second-order valence-corrected chi connectivity index (χ2v) is 8.57. The quantitative estimate of drug-likeness (QED) is 0.286. The topological polar surface area (TPSA) is 41.6 Å². The Kier molecular flexibility index (Phi) is 4.71. The third kappa shape index (κ3) is 3.34. The van der Waals surface area contributed by atoms with Gasteiger partial charge >= 0.3 is 0 Å². The van der Waals surface area contributed by atoms with Gasteiger partial charge in [0.25, 0.3) is 0 Å². The highest BCUT2D eigenvalue weighted by molar-refractivity contribution is 6.10. The minimum absolute atomic E-state index is 0.631. The van der Waals surface area contributed by atoms with Crippen LogP contribution in [0.5, 0.6) is 0 Å². The van der Waals surface area contributed by atoms with Crippen LogP contribution in [-0.2, 0) is 0 Å². The van der Waals surface area contributed by atoms with E-state index in [0.717, 1.165) is 27.8 Å². The maximum atomic E-state index is 9.77. The van der Waals surface area contributed by atoms with E-state index in [1.807, 2.05) is 24.3 Å². The van der Waals surface area contributed by atoms with Gasteiger partial charge in [-0.1, -0.05) is 54.1 Å². The van der Waals surface area contributed by atoms with E-state index in [4.69, 9.17) is 0 Å². The van der Waals surface area contributed by atoms with Crippen LogP contribution in [0.4, 0.5) is 0 Å². The number of hydrogen-bond donors (Lipinski definition) is 0. The van der Waals surface area contributed by atoms with Gasteiger partial charge in [0.1, 0.15) is 0 Å². The van der Waals surface area contributed by atoms with Crippen molar-refractivity contribution < 1.29 is 0 Å². The summed E-state index contributed by atoms with van der Waals surface area (Å²) in [6.45, 7) is 2.12. The summed E-state index contributed by atoms with van der Waals surface area (Å²) >= 11 is 0. The number of nitrogens with zero attached hydrogens (tertiary/aromatic N) is 3. The largest absolute Gasteiger partial charge is 0.309 e. The van der Waals surface area contributed by atoms with Gasteiger partial charge in [-0.2, -0.15) is 5.26 Å². The molecule has 160 valence electrons. The molecule has 0 saturated carbocycles. The highest BCUT2D eigenvalue weighted by atomic mass is 15.0. The molecular formula is C31H21N3. The van der Waals surface area contributed by atoms with Crippen LogP contribution in [-0.4, -0.2) is 9.55 Å². The molecule has 0 atom stereocenters. The predicted molar refractivity (Wildman–Crippen MR) is 139 cm³/mol. The first-order valence-electron chi connectivity index (χ1n) is 11.3. The zero-order chi connectivity index (χ0) is 23.1. The molecule has 0 saturated heterocycles. The molecule has 3 nitrogen and oxygen atoms in total. The molecule has 0 aliphatic carbocycles. The number of nitriles is 1. The minimum Gasteiger partial charge on any atom is -0.309 e. The molecule has 0 unspecified atom stereocenters. The fourth-order valence-electron chi connectivity index (χ4n) is 4.77. The average Bonchev–Trinajstić information content (AvgIpc) is 3.22. The molecule has 6 aromatic rings. The second-order valence-electron chi connectivity index (χ2n) is 8.57. The van der Waals surface area contributed by atoms with E-state index in [-0.39, 0.29) is 0 Å². The molecule has 0 bridgehead atoms. The Bertz CT molecular complexity index is 1720. The Morgan fingerprint density at radius 2 is 1.44 bits per heavy atom. The summed E-state index contributed by atoms with van der Waals surface area (Å²) in [5.74, 6) is 0. The Morgan fingerprint density at radius 1 is 0.647 bits per heavy atom. The Balaban J connectivity index is 1.63. The lowest BCUT2D eigenvalue weighted by Gasteiger charge is -2.12. The molecule has 0 aliphatic heterocycles. The number of hydrogen-bond acceptors (Lipinski definition) is 2. The number of para-hydroxylation sites is 1. The SMILES string of the molecule is Cc1cccc(-c2ccc3c(c2)c2ccccc2n3-c2cc(C#N)cc(-c3ccncc3)c2)c1. The second kappa shape index (κ2) is 8.03. The van der Waals surface area contributed by atoms with Crippen LogP contribution in [0.15, 0.2) is 109 Å². The number of rotatable bonds is 3. The van der Waals surface area contributed by atoms with Gasteiger partial charge < -0.3 is 4.57 Å². The number of fused-ring (bicyclic) bond motifs is 3. The lowest BCUT2D eigenvalue weighted by molar-refractivity contribution is 1.18. The zero-order valence-electron chi connectivity index (χ0n) is 18.7. The van der Waals surface area contributed by atoms with E-state index in [1.54, 1.807) is 12.4 Å². The number of pyridine rings is 1. The summed E-state index contributed by atoms with van der Waals surface area (Å²) in [5, 5.41) is 12.2. The molecule has 0 spiro atoms. The monoisotopic (exact) mass is 435 g/mol. The van der Waals surface area contributed by atoms with Gasteiger partial charge in [0.2, 0.25) is 0 Å². The van der Waals surface area contributed by atoms with Crippen molar-refractivity contribution in [3.8, 4) is 34.0 Å². The van der Waals surface area contributed by atoms with Crippen LogP contribution in [0.25, 0.3) is 49.7 Å². The number of aryl methyl sites for hydroxylation is 1. The standard InChI is InChI=1S/C31H21N3/c1-21-5-4-6-24(15-21)25-9-10-31-29(19-25)28-7-2-3-8-30(28)34(31)27-17-22(20-32)16-26(18-27)23-11-13-33-14-12-23/h2-19H,1H3. The van der Waals surface area contributed by atoms with Crippen LogP contribution < -0.4 is 0 Å². The molecule has 0 fully saturated rings. The first-order valence-corrected chi connectivity index (χ1v) is 11.3. The van der Waals surface area contributed by atoms with Crippen molar-refractivity contribution in [2.24, 2.45) is 0 Å². The summed E-state index contributed by atoms with van der Waals surface area (Å²) in [6.07, 6.45) is 3.56. The molecule has 2 heterocycles. The highest BCUT2D eigenvalue weighted by Gasteiger charge is 2.15. The minimum atomic E-state index is 0.631. The maximum Gasteiger partial charge on any atom is 0.0992 e. The van der Waals surface area contributed by atoms with Crippen LogP contribution in [0, 0.1) is 18.3 Å². The van der Waals surface area contributed by atoms with Crippen LogP contribution in [0.1, 0.15) is 11.1 Å². The highest BCUT2D eigenvalue weighted by Crippen LogP contribution is 2.36. The third-order valence-electron chi connectivity index (χ3n) is 6.34. The van der Waals surface area contributed by atoms with Crippen molar-refractivity contribution >= 4 is 21.8 Å². The normalized spacial score (nSPS) is 11.1. The lowest BCUT2D eigenvalue weighted by atomic mass is 10.0. The van der Waals surface area contributed by atoms with Crippen LogP contribution in [0.3, 0.4) is 0 Å². The number of aromatic nitrogens is 2. The van der Waals surface area contributed by atoms with Crippen molar-refractivity contribution in [3.05, 3.63) is 121 Å². The van der Waals surface area contributed by atoms with Gasteiger partial charge in [-0.3, -0.25) is 4.98 Å². The molecule has 0 aliphatic rings. The molecule has 0 N–H and O–H groups in total. The van der Waals surface area contributed by atoms with Crippen molar-refractivity contribution in [1.82, 2.24) is 9.55 Å². The lowest BCUT2D eigenvalue weighted by Crippen LogP contribution is -1.96. The molecule has 0 radical (unpaired) electrons. The zero-order valence-corrected chi connectivity index (χ0v) is 18.7. The van der Waals surface area contributed by atoms with Gasteiger partial charge in [0.15, 0.2) is 0 Å². The fourth-order valence-corrected chi connectivity index (χ4v) is 4.77. The molecule has 3 heteroatoms. The molecule has 2 aromatic heterocycles. The Labute approximate surface area is 198 Å². The summed E-state index contributed by atoms with van der Waals surface area (Å²) in [7, 11) is 0. The van der Waals surface area contributed by atoms with Crippen LogP contribution in [0.2, 0.25) is 0 Å². The van der Waals surface area contributed by atoms with Crippen molar-refractivity contribution in [2.75, 3.05) is 0 Å². The van der Waals surface area contributed by atoms with Crippen molar-refractivity contribution in [1.29, 1.82) is 5.26 Å². The van der Waals surface area contributed by atoms with Gasteiger partial charge in [0.05, 0.1) is 22.7 Å². The average molecular weight is 436 g/mol. The van der Waals surface area contributed by atoms with E-state index in [9.17, 15) is 5.26 Å². The van der Waals surface area contributed by atoms with Crippen molar-refractivity contribution in [2.45, 2.75) is 6.92 Å². The first kappa shape index (κ1) is 20.0. The van der Waals surface area contributed by atoms with E-state index in [0.29, 0.717) is 5.56 Å². The Morgan fingerprint density at radius 3 is 2.26 bits per heavy atom.